The molecule has 0 radical (unpaired) electrons. The van der Waals surface area contributed by atoms with E-state index in [-0.39, 0.29) is 5.56 Å². The zero-order valence-corrected chi connectivity index (χ0v) is 12.8. The lowest BCUT2D eigenvalue weighted by molar-refractivity contribution is -0.108. The third kappa shape index (κ3) is 2.14. The molecular formula is C16H13ClN2O3. The molecule has 22 heavy (non-hydrogen) atoms. The Morgan fingerprint density at radius 3 is 2.73 bits per heavy atom. The molecule has 0 atom stereocenters. The standard InChI is InChI=1S/C16H13ClN2O3/c1-3-10-12(8(2)22-19-10)14-13(15(20)16(17)21)9-6-4-5-7-11(9)18-14/h4-7,18H,3H2,1-2H3. The molecule has 1 aromatic carbocycles. The first-order valence-corrected chi connectivity index (χ1v) is 7.22. The molecule has 1 N–H and O–H groups in total. The predicted octanol–water partition coefficient (Wildman–Crippen LogP) is 3.64. The molecule has 0 saturated heterocycles. The number of nitrogens with one attached hydrogen (secondary N) is 1. The highest BCUT2D eigenvalue weighted by Crippen LogP contribution is 2.35. The molecule has 2 heterocycles. The molecule has 0 fully saturated rings. The van der Waals surface area contributed by atoms with Gasteiger partial charge in [0.05, 0.1) is 22.5 Å². The van der Waals surface area contributed by atoms with Gasteiger partial charge in [0.2, 0.25) is 5.78 Å². The second kappa shape index (κ2) is 5.42. The minimum Gasteiger partial charge on any atom is -0.361 e. The van der Waals surface area contributed by atoms with Crippen LogP contribution in [0.4, 0.5) is 0 Å². The van der Waals surface area contributed by atoms with Crippen LogP contribution in [0.2, 0.25) is 0 Å². The first-order chi connectivity index (χ1) is 10.5. The van der Waals surface area contributed by atoms with Gasteiger partial charge in [-0.25, -0.2) is 0 Å². The molecule has 0 spiro atoms. The van der Waals surface area contributed by atoms with E-state index in [1.54, 1.807) is 19.1 Å². The van der Waals surface area contributed by atoms with E-state index in [1.165, 1.54) is 0 Å². The van der Waals surface area contributed by atoms with E-state index in [0.29, 0.717) is 28.8 Å². The fourth-order valence-corrected chi connectivity index (χ4v) is 2.74. The van der Waals surface area contributed by atoms with Crippen LogP contribution in [0.25, 0.3) is 22.2 Å². The number of aromatic nitrogens is 2. The van der Waals surface area contributed by atoms with Crippen LogP contribution in [0.5, 0.6) is 0 Å². The molecular weight excluding hydrogens is 304 g/mol. The molecule has 6 heteroatoms. The van der Waals surface area contributed by atoms with Crippen molar-refractivity contribution >= 4 is 33.5 Å². The van der Waals surface area contributed by atoms with Crippen LogP contribution < -0.4 is 0 Å². The Morgan fingerprint density at radius 1 is 1.32 bits per heavy atom. The summed E-state index contributed by atoms with van der Waals surface area (Å²) in [5.74, 6) is -0.156. The Labute approximate surface area is 131 Å². The Balaban J connectivity index is 2.38. The van der Waals surface area contributed by atoms with Gasteiger partial charge in [-0.05, 0) is 31.0 Å². The smallest absolute Gasteiger partial charge is 0.293 e. The van der Waals surface area contributed by atoms with Crippen LogP contribution in [0.3, 0.4) is 0 Å². The average Bonchev–Trinajstić information content (AvgIpc) is 3.05. The van der Waals surface area contributed by atoms with Gasteiger partial charge in [-0.3, -0.25) is 9.59 Å². The largest absolute Gasteiger partial charge is 0.361 e. The maximum absolute atomic E-state index is 12.3. The number of carbonyl (C=O) groups is 2. The summed E-state index contributed by atoms with van der Waals surface area (Å²) < 4.78 is 5.23. The number of Topliss-reactive ketones (excluding diaryl/α,β-unsaturated/α-hetero) is 1. The highest BCUT2D eigenvalue weighted by molar-refractivity contribution is 6.83. The molecule has 0 aliphatic rings. The Morgan fingerprint density at radius 2 is 2.05 bits per heavy atom. The maximum atomic E-state index is 12.3. The predicted molar refractivity (Wildman–Crippen MR) is 83.1 cm³/mol. The summed E-state index contributed by atoms with van der Waals surface area (Å²) >= 11 is 5.43. The lowest BCUT2D eigenvalue weighted by Crippen LogP contribution is -2.08. The van der Waals surface area contributed by atoms with E-state index in [1.807, 2.05) is 19.1 Å². The molecule has 0 unspecified atom stereocenters. The molecule has 3 rings (SSSR count). The summed E-state index contributed by atoms with van der Waals surface area (Å²) in [4.78, 5) is 26.9. The van der Waals surface area contributed by atoms with Crippen molar-refractivity contribution in [2.75, 3.05) is 0 Å². The molecule has 3 aromatic rings. The van der Waals surface area contributed by atoms with E-state index < -0.39 is 11.0 Å². The number of hydrogen-bond acceptors (Lipinski definition) is 4. The second-order valence-corrected chi connectivity index (χ2v) is 5.28. The maximum Gasteiger partial charge on any atom is 0.293 e. The zero-order chi connectivity index (χ0) is 15.9. The van der Waals surface area contributed by atoms with Crippen LogP contribution in [0.1, 0.15) is 28.7 Å². The first kappa shape index (κ1) is 14.5. The van der Waals surface area contributed by atoms with Crippen molar-refractivity contribution in [3.05, 3.63) is 41.3 Å². The Hall–Kier alpha value is -2.40. The zero-order valence-electron chi connectivity index (χ0n) is 12.1. The van der Waals surface area contributed by atoms with E-state index in [9.17, 15) is 9.59 Å². The van der Waals surface area contributed by atoms with Gasteiger partial charge < -0.3 is 9.51 Å². The summed E-state index contributed by atoms with van der Waals surface area (Å²) in [7, 11) is 0. The summed E-state index contributed by atoms with van der Waals surface area (Å²) in [5, 5.41) is 3.64. The molecule has 0 saturated carbocycles. The van der Waals surface area contributed by atoms with Crippen LogP contribution in [0.15, 0.2) is 28.8 Å². The van der Waals surface area contributed by atoms with Crippen molar-refractivity contribution in [2.24, 2.45) is 0 Å². The van der Waals surface area contributed by atoms with Crippen LogP contribution in [-0.4, -0.2) is 21.2 Å². The summed E-state index contributed by atoms with van der Waals surface area (Å²) in [5.41, 5.74) is 2.97. The van der Waals surface area contributed by atoms with Crippen molar-refractivity contribution in [1.82, 2.24) is 10.1 Å². The highest BCUT2D eigenvalue weighted by Gasteiger charge is 2.27. The van der Waals surface area contributed by atoms with Gasteiger partial charge in [0.15, 0.2) is 0 Å². The number of ketones is 1. The number of carbonyl (C=O) groups excluding carboxylic acids is 2. The first-order valence-electron chi connectivity index (χ1n) is 6.85. The highest BCUT2D eigenvalue weighted by atomic mass is 35.5. The summed E-state index contributed by atoms with van der Waals surface area (Å²) in [6.07, 6.45) is 0.643. The lowest BCUT2D eigenvalue weighted by atomic mass is 10.0. The number of aromatic amines is 1. The van der Waals surface area contributed by atoms with Crippen molar-refractivity contribution in [3.8, 4) is 11.3 Å². The molecule has 5 nitrogen and oxygen atoms in total. The molecule has 0 bridgehead atoms. The van der Waals surface area contributed by atoms with E-state index in [4.69, 9.17) is 16.1 Å². The number of fused-ring (bicyclic) bond motifs is 1. The summed E-state index contributed by atoms with van der Waals surface area (Å²) in [6.45, 7) is 3.71. The fourth-order valence-electron chi connectivity index (χ4n) is 2.64. The van der Waals surface area contributed by atoms with Crippen molar-refractivity contribution in [2.45, 2.75) is 20.3 Å². The third-order valence-corrected chi connectivity index (χ3v) is 3.80. The third-order valence-electron chi connectivity index (χ3n) is 3.63. The van der Waals surface area contributed by atoms with Crippen LogP contribution in [-0.2, 0) is 11.2 Å². The van der Waals surface area contributed by atoms with E-state index >= 15 is 0 Å². The number of hydrogen-bond donors (Lipinski definition) is 1. The molecule has 0 aliphatic carbocycles. The van der Waals surface area contributed by atoms with Crippen LogP contribution in [0, 0.1) is 6.92 Å². The number of H-pyrrole nitrogens is 1. The molecule has 2 aromatic heterocycles. The minimum absolute atomic E-state index is 0.261. The minimum atomic E-state index is -1.02. The van der Waals surface area contributed by atoms with Gasteiger partial charge in [0.1, 0.15) is 5.76 Å². The lowest BCUT2D eigenvalue weighted by Gasteiger charge is -2.02. The topological polar surface area (TPSA) is 76.0 Å². The molecule has 112 valence electrons. The Kier molecular flexibility index (Phi) is 3.58. The number of halogens is 1. The molecule has 0 amide bonds. The van der Waals surface area contributed by atoms with E-state index in [2.05, 4.69) is 10.1 Å². The number of rotatable bonds is 4. The van der Waals surface area contributed by atoms with E-state index in [0.717, 1.165) is 11.2 Å². The van der Waals surface area contributed by atoms with Crippen molar-refractivity contribution in [3.63, 3.8) is 0 Å². The van der Waals surface area contributed by atoms with Gasteiger partial charge in [-0.2, -0.15) is 0 Å². The van der Waals surface area contributed by atoms with Crippen molar-refractivity contribution < 1.29 is 14.1 Å². The summed E-state index contributed by atoms with van der Waals surface area (Å²) in [6, 6.07) is 7.26. The van der Waals surface area contributed by atoms with Gasteiger partial charge >= 0.3 is 0 Å². The van der Waals surface area contributed by atoms with Gasteiger partial charge in [0.25, 0.3) is 5.24 Å². The fraction of sp³-hybridized carbons (Fsp3) is 0.188. The van der Waals surface area contributed by atoms with Crippen molar-refractivity contribution in [1.29, 1.82) is 0 Å². The number of nitrogens with zero attached hydrogens (tertiary/aromatic N) is 1. The monoisotopic (exact) mass is 316 g/mol. The van der Waals surface area contributed by atoms with Gasteiger partial charge in [-0.1, -0.05) is 30.3 Å². The Bertz CT molecular complexity index is 892. The second-order valence-electron chi connectivity index (χ2n) is 4.94. The molecule has 0 aliphatic heterocycles. The number of aryl methyl sites for hydroxylation is 2. The quantitative estimate of drug-likeness (QED) is 0.453. The van der Waals surface area contributed by atoms with Gasteiger partial charge in [0, 0.05) is 10.9 Å². The normalized spacial score (nSPS) is 11.0. The van der Waals surface area contributed by atoms with Gasteiger partial charge in [-0.15, -0.1) is 0 Å². The average molecular weight is 317 g/mol. The van der Waals surface area contributed by atoms with Crippen LogP contribution >= 0.6 is 11.6 Å². The number of para-hydroxylation sites is 1. The number of benzene rings is 1. The SMILES string of the molecule is CCc1noc(C)c1-c1[nH]c2ccccc2c1C(=O)C(=O)Cl.